The highest BCUT2D eigenvalue weighted by Crippen LogP contribution is 2.30. The molecular formula is C12H12ClFN2O3S. The molecule has 8 heteroatoms. The first-order valence-corrected chi connectivity index (χ1v) is 7.21. The quantitative estimate of drug-likeness (QED) is 0.879. The minimum Gasteiger partial charge on any atom is -0.480 e. The molecule has 2 amide bonds. The summed E-state index contributed by atoms with van der Waals surface area (Å²) in [6.45, 7) is 1.73. The number of hydrogen-bond acceptors (Lipinski definition) is 3. The Morgan fingerprint density at radius 2 is 2.25 bits per heavy atom. The number of rotatable bonds is 2. The zero-order valence-electron chi connectivity index (χ0n) is 10.5. The van der Waals surface area contributed by atoms with Crippen molar-refractivity contribution in [2.24, 2.45) is 0 Å². The van der Waals surface area contributed by atoms with Crippen LogP contribution in [0.5, 0.6) is 0 Å². The van der Waals surface area contributed by atoms with Gasteiger partial charge in [0.05, 0.1) is 11.1 Å². The van der Waals surface area contributed by atoms with Gasteiger partial charge in [0, 0.05) is 10.8 Å². The van der Waals surface area contributed by atoms with Gasteiger partial charge in [-0.15, -0.1) is 11.8 Å². The van der Waals surface area contributed by atoms with Gasteiger partial charge in [-0.3, -0.25) is 4.90 Å². The van der Waals surface area contributed by atoms with Crippen LogP contribution in [0.4, 0.5) is 14.9 Å². The molecule has 0 bridgehead atoms. The second-order valence-electron chi connectivity index (χ2n) is 4.25. The molecule has 0 saturated carbocycles. The van der Waals surface area contributed by atoms with Gasteiger partial charge in [0.1, 0.15) is 11.9 Å². The van der Waals surface area contributed by atoms with Gasteiger partial charge in [-0.05, 0) is 25.1 Å². The van der Waals surface area contributed by atoms with Crippen molar-refractivity contribution in [1.29, 1.82) is 0 Å². The summed E-state index contributed by atoms with van der Waals surface area (Å²) in [4.78, 5) is 24.4. The van der Waals surface area contributed by atoms with Crippen LogP contribution in [0.15, 0.2) is 18.2 Å². The first kappa shape index (κ1) is 14.9. The molecule has 108 valence electrons. The molecule has 1 heterocycles. The van der Waals surface area contributed by atoms with E-state index >= 15 is 0 Å². The third-order valence-electron chi connectivity index (χ3n) is 2.92. The van der Waals surface area contributed by atoms with Gasteiger partial charge < -0.3 is 10.4 Å². The normalized spacial score (nSPS) is 21.9. The highest BCUT2D eigenvalue weighted by molar-refractivity contribution is 8.00. The molecule has 2 rings (SSSR count). The maximum Gasteiger partial charge on any atom is 0.327 e. The van der Waals surface area contributed by atoms with Crippen molar-refractivity contribution >= 4 is 41.1 Å². The van der Waals surface area contributed by atoms with Gasteiger partial charge in [-0.2, -0.15) is 0 Å². The fourth-order valence-corrected chi connectivity index (χ4v) is 3.24. The molecule has 0 radical (unpaired) electrons. The van der Waals surface area contributed by atoms with Crippen molar-refractivity contribution in [2.75, 3.05) is 11.1 Å². The van der Waals surface area contributed by atoms with Gasteiger partial charge in [-0.1, -0.05) is 11.6 Å². The lowest BCUT2D eigenvalue weighted by molar-refractivity contribution is -0.141. The number of carboxylic acids is 1. The molecule has 0 spiro atoms. The first-order chi connectivity index (χ1) is 9.40. The average molecular weight is 319 g/mol. The van der Waals surface area contributed by atoms with Crippen LogP contribution in [0.1, 0.15) is 6.92 Å². The predicted octanol–water partition coefficient (Wildman–Crippen LogP) is 2.86. The van der Waals surface area contributed by atoms with Crippen LogP contribution in [0.3, 0.4) is 0 Å². The van der Waals surface area contributed by atoms with Crippen LogP contribution < -0.4 is 5.32 Å². The molecule has 1 aromatic carbocycles. The van der Waals surface area contributed by atoms with Crippen molar-refractivity contribution in [1.82, 2.24) is 4.90 Å². The Bertz CT molecular complexity index is 558. The van der Waals surface area contributed by atoms with E-state index in [9.17, 15) is 14.0 Å². The average Bonchev–Trinajstić information content (AvgIpc) is 2.75. The Morgan fingerprint density at radius 1 is 1.55 bits per heavy atom. The number of nitrogens with zero attached hydrogens (tertiary/aromatic N) is 1. The van der Waals surface area contributed by atoms with E-state index in [-0.39, 0.29) is 16.1 Å². The van der Waals surface area contributed by atoms with E-state index in [0.717, 1.165) is 6.07 Å². The minimum absolute atomic E-state index is 0.0346. The van der Waals surface area contributed by atoms with Gasteiger partial charge in [0.25, 0.3) is 0 Å². The number of nitrogens with one attached hydrogen (secondary N) is 1. The van der Waals surface area contributed by atoms with Crippen molar-refractivity contribution in [3.8, 4) is 0 Å². The van der Waals surface area contributed by atoms with Crippen LogP contribution >= 0.6 is 23.4 Å². The summed E-state index contributed by atoms with van der Waals surface area (Å²) in [6, 6.07) is 2.30. The van der Waals surface area contributed by atoms with Crippen LogP contribution in [-0.4, -0.2) is 39.2 Å². The minimum atomic E-state index is -1.08. The lowest BCUT2D eigenvalue weighted by atomic mass is 10.3. The highest BCUT2D eigenvalue weighted by atomic mass is 35.5. The Morgan fingerprint density at radius 3 is 2.85 bits per heavy atom. The summed E-state index contributed by atoms with van der Waals surface area (Å²) in [5, 5.41) is 11.4. The van der Waals surface area contributed by atoms with E-state index in [1.807, 2.05) is 0 Å². The molecule has 2 atom stereocenters. The Labute approximate surface area is 124 Å². The van der Waals surface area contributed by atoms with Crippen molar-refractivity contribution in [2.45, 2.75) is 18.3 Å². The summed E-state index contributed by atoms with van der Waals surface area (Å²) < 4.78 is 13.6. The SMILES string of the molecule is CC1SCC(C(=O)O)N1C(=O)Nc1ccc(Cl)cc1F. The molecule has 1 aliphatic rings. The number of anilines is 1. The van der Waals surface area contributed by atoms with Crippen molar-refractivity contribution in [3.63, 3.8) is 0 Å². The van der Waals surface area contributed by atoms with Crippen LogP contribution in [0, 0.1) is 5.82 Å². The largest absolute Gasteiger partial charge is 0.480 e. The third kappa shape index (κ3) is 2.99. The maximum atomic E-state index is 13.6. The molecule has 5 nitrogen and oxygen atoms in total. The number of halogens is 2. The van der Waals surface area contributed by atoms with Crippen LogP contribution in [-0.2, 0) is 4.79 Å². The number of carbonyl (C=O) groups is 2. The molecule has 1 aliphatic heterocycles. The number of urea groups is 1. The molecular weight excluding hydrogens is 307 g/mol. The standard InChI is InChI=1S/C12H12ClFN2O3S/c1-6-16(10(5-20-6)11(17)18)12(19)15-9-3-2-7(13)4-8(9)14/h2-4,6,10H,5H2,1H3,(H,15,19)(H,17,18). The Kier molecular flexibility index (Phi) is 4.39. The number of benzene rings is 1. The molecule has 1 aromatic rings. The van der Waals surface area contributed by atoms with Crippen molar-refractivity contribution < 1.29 is 19.1 Å². The zero-order chi connectivity index (χ0) is 14.9. The number of aliphatic carboxylic acids is 1. The summed E-state index contributed by atoms with van der Waals surface area (Å²) >= 11 is 6.98. The van der Waals surface area contributed by atoms with E-state index in [1.54, 1.807) is 6.92 Å². The van der Waals surface area contributed by atoms with E-state index in [0.29, 0.717) is 5.75 Å². The van der Waals surface area contributed by atoms with E-state index in [2.05, 4.69) is 5.32 Å². The van der Waals surface area contributed by atoms with Gasteiger partial charge in [0.15, 0.2) is 0 Å². The number of amides is 2. The third-order valence-corrected chi connectivity index (χ3v) is 4.37. The zero-order valence-corrected chi connectivity index (χ0v) is 12.0. The van der Waals surface area contributed by atoms with E-state index < -0.39 is 23.9 Å². The van der Waals surface area contributed by atoms with Crippen LogP contribution in [0.25, 0.3) is 0 Å². The lowest BCUT2D eigenvalue weighted by Gasteiger charge is -2.25. The summed E-state index contributed by atoms with van der Waals surface area (Å²) in [5.41, 5.74) is -0.0346. The molecule has 20 heavy (non-hydrogen) atoms. The smallest absolute Gasteiger partial charge is 0.327 e. The first-order valence-electron chi connectivity index (χ1n) is 5.79. The number of carboxylic acid groups (broad SMARTS) is 1. The summed E-state index contributed by atoms with van der Waals surface area (Å²) in [5.74, 6) is -1.43. The Hall–Kier alpha value is -1.47. The van der Waals surface area contributed by atoms with E-state index in [1.165, 1.54) is 28.8 Å². The van der Waals surface area contributed by atoms with Gasteiger partial charge in [-0.25, -0.2) is 14.0 Å². The van der Waals surface area contributed by atoms with Crippen molar-refractivity contribution in [3.05, 3.63) is 29.0 Å². The second kappa shape index (κ2) is 5.88. The molecule has 1 saturated heterocycles. The predicted molar refractivity (Wildman–Crippen MR) is 75.6 cm³/mol. The van der Waals surface area contributed by atoms with Gasteiger partial charge in [0.2, 0.25) is 0 Å². The highest BCUT2D eigenvalue weighted by Gasteiger charge is 2.39. The maximum absolute atomic E-state index is 13.6. The Balaban J connectivity index is 2.16. The lowest BCUT2D eigenvalue weighted by Crippen LogP contribution is -2.46. The summed E-state index contributed by atoms with van der Waals surface area (Å²) in [6.07, 6.45) is 0. The molecule has 1 fully saturated rings. The van der Waals surface area contributed by atoms with Gasteiger partial charge >= 0.3 is 12.0 Å². The fourth-order valence-electron chi connectivity index (χ4n) is 1.91. The summed E-state index contributed by atoms with van der Waals surface area (Å²) in [7, 11) is 0. The van der Waals surface area contributed by atoms with E-state index in [4.69, 9.17) is 16.7 Å². The molecule has 0 aromatic heterocycles. The second-order valence-corrected chi connectivity index (χ2v) is 6.03. The molecule has 0 aliphatic carbocycles. The topological polar surface area (TPSA) is 69.6 Å². The monoisotopic (exact) mass is 318 g/mol. The number of carbonyl (C=O) groups excluding carboxylic acids is 1. The number of hydrogen-bond donors (Lipinski definition) is 2. The molecule has 2 unspecified atom stereocenters. The molecule has 2 N–H and O–H groups in total. The fraction of sp³-hybridized carbons (Fsp3) is 0.333. The number of thioether (sulfide) groups is 1. The van der Waals surface area contributed by atoms with Crippen LogP contribution in [0.2, 0.25) is 5.02 Å².